The van der Waals surface area contributed by atoms with Crippen LogP contribution >= 0.6 is 0 Å². The van der Waals surface area contributed by atoms with Gasteiger partial charge in [0.05, 0.1) is 12.3 Å². The number of rotatable bonds is 3. The maximum absolute atomic E-state index is 13.6. The topological polar surface area (TPSA) is 61.3 Å². The van der Waals surface area contributed by atoms with Crippen molar-refractivity contribution < 1.29 is 13.5 Å². The Kier molecular flexibility index (Phi) is 2.99. The van der Waals surface area contributed by atoms with Crippen molar-refractivity contribution in [2.24, 2.45) is 0 Å². The van der Waals surface area contributed by atoms with Gasteiger partial charge in [-0.05, 0) is 32.0 Å². The largest absolute Gasteiger partial charge is 0.491 e. The summed E-state index contributed by atoms with van der Waals surface area (Å²) in [5, 5.41) is 0. The minimum Gasteiger partial charge on any atom is -0.491 e. The molecule has 2 N–H and O–H groups in total. The molecule has 0 radical (unpaired) electrons. The molecule has 0 unspecified atom stereocenters. The molecular formula is C12H13FN2O2. The Morgan fingerprint density at radius 1 is 1.47 bits per heavy atom. The molecule has 2 aromatic rings. The zero-order valence-corrected chi connectivity index (χ0v) is 9.66. The van der Waals surface area contributed by atoms with Gasteiger partial charge in [0, 0.05) is 5.56 Å². The van der Waals surface area contributed by atoms with E-state index in [0.717, 1.165) is 0 Å². The van der Waals surface area contributed by atoms with Crippen molar-refractivity contribution in [3.63, 3.8) is 0 Å². The third-order valence-electron chi connectivity index (χ3n) is 2.31. The van der Waals surface area contributed by atoms with Crippen LogP contribution in [0.3, 0.4) is 0 Å². The fourth-order valence-corrected chi connectivity index (χ4v) is 1.60. The molecule has 1 aromatic carbocycles. The van der Waals surface area contributed by atoms with E-state index in [1.165, 1.54) is 6.07 Å². The maximum atomic E-state index is 13.6. The van der Waals surface area contributed by atoms with E-state index in [1.807, 2.05) is 0 Å². The second-order valence-electron chi connectivity index (χ2n) is 3.54. The van der Waals surface area contributed by atoms with E-state index >= 15 is 0 Å². The van der Waals surface area contributed by atoms with Gasteiger partial charge in [-0.3, -0.25) is 0 Å². The van der Waals surface area contributed by atoms with Crippen molar-refractivity contribution in [1.82, 2.24) is 4.98 Å². The highest BCUT2D eigenvalue weighted by molar-refractivity contribution is 5.62. The molecule has 0 aliphatic rings. The van der Waals surface area contributed by atoms with E-state index in [1.54, 1.807) is 26.0 Å². The molecule has 0 saturated heterocycles. The molecule has 4 nitrogen and oxygen atoms in total. The first-order valence-electron chi connectivity index (χ1n) is 5.27. The first-order valence-corrected chi connectivity index (χ1v) is 5.27. The third kappa shape index (κ3) is 2.22. The predicted octanol–water partition coefficient (Wildman–Crippen LogP) is 2.77. The summed E-state index contributed by atoms with van der Waals surface area (Å²) < 4.78 is 24.0. The molecule has 5 heteroatoms. The number of nitrogens with zero attached hydrogens (tertiary/aromatic N) is 1. The molecule has 0 aliphatic carbocycles. The van der Waals surface area contributed by atoms with E-state index in [2.05, 4.69) is 4.98 Å². The van der Waals surface area contributed by atoms with E-state index in [4.69, 9.17) is 14.9 Å². The molecule has 0 spiro atoms. The molecular weight excluding hydrogens is 223 g/mol. The Bertz CT molecular complexity index is 537. The van der Waals surface area contributed by atoms with Gasteiger partial charge < -0.3 is 14.9 Å². The Hall–Kier alpha value is -2.04. The fourth-order valence-electron chi connectivity index (χ4n) is 1.60. The second-order valence-corrected chi connectivity index (χ2v) is 3.54. The number of aromatic nitrogens is 1. The summed E-state index contributed by atoms with van der Waals surface area (Å²) in [7, 11) is 0. The summed E-state index contributed by atoms with van der Waals surface area (Å²) in [6.45, 7) is 3.97. The molecule has 0 fully saturated rings. The highest BCUT2D eigenvalue weighted by Crippen LogP contribution is 2.29. The van der Waals surface area contributed by atoms with Gasteiger partial charge in [-0.1, -0.05) is 0 Å². The molecule has 0 atom stereocenters. The van der Waals surface area contributed by atoms with Crippen molar-refractivity contribution in [2.45, 2.75) is 13.8 Å². The van der Waals surface area contributed by atoms with Gasteiger partial charge in [0.1, 0.15) is 0 Å². The maximum Gasteiger partial charge on any atom is 0.292 e. The van der Waals surface area contributed by atoms with Gasteiger partial charge in [0.15, 0.2) is 17.3 Å². The number of nitrogens with two attached hydrogens (primary N) is 1. The van der Waals surface area contributed by atoms with Crippen molar-refractivity contribution in [2.75, 3.05) is 12.3 Å². The van der Waals surface area contributed by atoms with Crippen LogP contribution in [-0.4, -0.2) is 11.6 Å². The number of aryl methyl sites for hydroxylation is 1. The van der Waals surface area contributed by atoms with Crippen LogP contribution in [0.15, 0.2) is 22.6 Å². The van der Waals surface area contributed by atoms with Gasteiger partial charge in [0.2, 0.25) is 0 Å². The van der Waals surface area contributed by atoms with Gasteiger partial charge >= 0.3 is 0 Å². The average Bonchev–Trinajstić information content (AvgIpc) is 2.61. The van der Waals surface area contributed by atoms with Gasteiger partial charge in [-0.15, -0.1) is 0 Å². The second kappa shape index (κ2) is 4.45. The molecule has 0 amide bonds. The molecule has 1 heterocycles. The van der Waals surface area contributed by atoms with Crippen LogP contribution in [0.25, 0.3) is 11.3 Å². The van der Waals surface area contributed by atoms with Crippen LogP contribution in [0.4, 0.5) is 10.4 Å². The lowest BCUT2D eigenvalue weighted by molar-refractivity contribution is 0.321. The molecule has 17 heavy (non-hydrogen) atoms. The lowest BCUT2D eigenvalue weighted by atomic mass is 10.1. The van der Waals surface area contributed by atoms with Crippen LogP contribution in [0.2, 0.25) is 0 Å². The van der Waals surface area contributed by atoms with Crippen molar-refractivity contribution in [1.29, 1.82) is 0 Å². The summed E-state index contributed by atoms with van der Waals surface area (Å²) in [6, 6.07) is 4.69. The quantitative estimate of drug-likeness (QED) is 0.890. The van der Waals surface area contributed by atoms with E-state index < -0.39 is 5.82 Å². The third-order valence-corrected chi connectivity index (χ3v) is 2.31. The standard InChI is InChI=1S/C12H13FN2O2/c1-3-16-10-5-4-8(6-9(10)13)11-7(2)15-12(14)17-11/h4-6H,3H2,1-2H3,(H2,14,15). The lowest BCUT2D eigenvalue weighted by Gasteiger charge is -2.05. The molecule has 90 valence electrons. The molecule has 0 aliphatic heterocycles. The van der Waals surface area contributed by atoms with E-state index in [0.29, 0.717) is 23.6 Å². The Morgan fingerprint density at radius 3 is 2.76 bits per heavy atom. The minimum atomic E-state index is -0.432. The van der Waals surface area contributed by atoms with Gasteiger partial charge in [0.25, 0.3) is 6.01 Å². The van der Waals surface area contributed by atoms with Gasteiger partial charge in [-0.2, -0.15) is 4.98 Å². The summed E-state index contributed by atoms with van der Waals surface area (Å²) in [5.74, 6) is 0.268. The normalized spacial score (nSPS) is 10.5. The summed E-state index contributed by atoms with van der Waals surface area (Å²) in [6.07, 6.45) is 0. The summed E-state index contributed by atoms with van der Waals surface area (Å²) in [4.78, 5) is 3.93. The summed E-state index contributed by atoms with van der Waals surface area (Å²) >= 11 is 0. The fraction of sp³-hybridized carbons (Fsp3) is 0.250. The number of nitrogen functional groups attached to an aromatic ring is 1. The van der Waals surface area contributed by atoms with Crippen molar-refractivity contribution >= 4 is 6.01 Å². The Morgan fingerprint density at radius 2 is 2.24 bits per heavy atom. The zero-order chi connectivity index (χ0) is 12.4. The van der Waals surface area contributed by atoms with Crippen LogP contribution < -0.4 is 10.5 Å². The number of ether oxygens (including phenoxy) is 1. The number of hydrogen-bond donors (Lipinski definition) is 1. The molecule has 2 rings (SSSR count). The van der Waals surface area contributed by atoms with Crippen LogP contribution in [0, 0.1) is 12.7 Å². The number of anilines is 1. The molecule has 0 bridgehead atoms. The van der Waals surface area contributed by atoms with Gasteiger partial charge in [-0.25, -0.2) is 4.39 Å². The Labute approximate surface area is 98.2 Å². The molecule has 1 aromatic heterocycles. The average molecular weight is 236 g/mol. The SMILES string of the molecule is CCOc1ccc(-c2oc(N)nc2C)cc1F. The van der Waals surface area contributed by atoms with E-state index in [-0.39, 0.29) is 11.8 Å². The minimum absolute atomic E-state index is 0.0757. The first kappa shape index (κ1) is 11.4. The highest BCUT2D eigenvalue weighted by Gasteiger charge is 2.12. The first-order chi connectivity index (χ1) is 8.11. The van der Waals surface area contributed by atoms with Crippen LogP contribution in [-0.2, 0) is 0 Å². The number of benzene rings is 1. The van der Waals surface area contributed by atoms with Crippen LogP contribution in [0.1, 0.15) is 12.6 Å². The lowest BCUT2D eigenvalue weighted by Crippen LogP contribution is -1.94. The summed E-state index contributed by atoms with van der Waals surface area (Å²) in [5.41, 5.74) is 6.66. The Balaban J connectivity index is 2.41. The van der Waals surface area contributed by atoms with Crippen molar-refractivity contribution in [3.05, 3.63) is 29.7 Å². The highest BCUT2D eigenvalue weighted by atomic mass is 19.1. The zero-order valence-electron chi connectivity index (χ0n) is 9.66. The smallest absolute Gasteiger partial charge is 0.292 e. The monoisotopic (exact) mass is 236 g/mol. The number of oxazole rings is 1. The predicted molar refractivity (Wildman–Crippen MR) is 62.2 cm³/mol. The number of hydrogen-bond acceptors (Lipinski definition) is 4. The van der Waals surface area contributed by atoms with E-state index in [9.17, 15) is 4.39 Å². The van der Waals surface area contributed by atoms with Crippen molar-refractivity contribution in [3.8, 4) is 17.1 Å². The van der Waals surface area contributed by atoms with Crippen LogP contribution in [0.5, 0.6) is 5.75 Å². The number of halogens is 1. The molecule has 0 saturated carbocycles.